The fourth-order valence-corrected chi connectivity index (χ4v) is 1.65. The third-order valence-corrected chi connectivity index (χ3v) is 2.65. The van der Waals surface area contributed by atoms with Gasteiger partial charge >= 0.3 is 18.0 Å². The maximum atomic E-state index is 12.1. The Labute approximate surface area is 141 Å². The van der Waals surface area contributed by atoms with Gasteiger partial charge in [0.2, 0.25) is 0 Å². The second-order valence-corrected chi connectivity index (χ2v) is 6.09. The molecule has 24 heavy (non-hydrogen) atoms. The summed E-state index contributed by atoms with van der Waals surface area (Å²) < 4.78 is 15.0. The zero-order valence-corrected chi connectivity index (χ0v) is 14.3. The number of carbonyl (C=O) groups excluding carboxylic acids is 3. The molecular weight excluding hydrogens is 314 g/mol. The zero-order chi connectivity index (χ0) is 18.2. The highest BCUT2D eigenvalue weighted by Crippen LogP contribution is 2.09. The quantitative estimate of drug-likeness (QED) is 0.632. The molecule has 0 radical (unpaired) electrons. The Morgan fingerprint density at radius 2 is 1.71 bits per heavy atom. The molecule has 0 aromatic heterocycles. The van der Waals surface area contributed by atoms with E-state index in [9.17, 15) is 14.4 Å². The molecule has 0 bridgehead atoms. The largest absolute Gasteiger partial charge is 0.463 e. The van der Waals surface area contributed by atoms with Crippen molar-refractivity contribution in [2.24, 2.45) is 0 Å². The first kappa shape index (κ1) is 19.5. The summed E-state index contributed by atoms with van der Waals surface area (Å²) in [6, 6.07) is 7.95. The van der Waals surface area contributed by atoms with E-state index in [4.69, 9.17) is 14.2 Å². The Morgan fingerprint density at radius 3 is 2.25 bits per heavy atom. The monoisotopic (exact) mass is 337 g/mol. The first-order valence-electron chi connectivity index (χ1n) is 7.51. The molecule has 132 valence electrons. The van der Waals surface area contributed by atoms with Gasteiger partial charge in [-0.05, 0) is 26.3 Å². The molecule has 0 heterocycles. The summed E-state index contributed by atoms with van der Waals surface area (Å²) in [4.78, 5) is 34.9. The van der Waals surface area contributed by atoms with E-state index in [-0.39, 0.29) is 13.2 Å². The number of nitrogens with one attached hydrogen (secondary N) is 1. The third kappa shape index (κ3) is 8.17. The molecule has 1 amide bonds. The molecule has 0 aliphatic rings. The van der Waals surface area contributed by atoms with Gasteiger partial charge in [0, 0.05) is 6.92 Å². The summed E-state index contributed by atoms with van der Waals surface area (Å²) in [5.74, 6) is -1.27. The molecule has 1 aromatic rings. The van der Waals surface area contributed by atoms with Crippen LogP contribution >= 0.6 is 0 Å². The van der Waals surface area contributed by atoms with Gasteiger partial charge in [0.05, 0.1) is 0 Å². The summed E-state index contributed by atoms with van der Waals surface area (Å²) >= 11 is 0. The van der Waals surface area contributed by atoms with Crippen LogP contribution in [0, 0.1) is 0 Å². The lowest BCUT2D eigenvalue weighted by Gasteiger charge is -2.24. The van der Waals surface area contributed by atoms with Crippen LogP contribution in [-0.4, -0.2) is 36.3 Å². The number of carbonyl (C=O) groups is 3. The normalized spacial score (nSPS) is 12.0. The number of amides is 1. The van der Waals surface area contributed by atoms with Crippen LogP contribution in [0.5, 0.6) is 0 Å². The molecule has 1 N–H and O–H groups in total. The van der Waals surface area contributed by atoms with Gasteiger partial charge in [0.15, 0.2) is 6.04 Å². The second-order valence-electron chi connectivity index (χ2n) is 6.09. The van der Waals surface area contributed by atoms with Crippen molar-refractivity contribution in [1.29, 1.82) is 0 Å². The molecule has 1 aromatic carbocycles. The van der Waals surface area contributed by atoms with Crippen molar-refractivity contribution in [3.63, 3.8) is 0 Å². The fraction of sp³-hybridized carbons (Fsp3) is 0.471. The van der Waals surface area contributed by atoms with Crippen LogP contribution in [-0.2, 0) is 30.4 Å². The predicted octanol–water partition coefficient (Wildman–Crippen LogP) is 2.19. The molecule has 1 atom stereocenters. The highest BCUT2D eigenvalue weighted by atomic mass is 16.6. The lowest BCUT2D eigenvalue weighted by atomic mass is 10.2. The smallest absolute Gasteiger partial charge is 0.408 e. The number of ether oxygens (including phenoxy) is 3. The Bertz CT molecular complexity index is 564. The summed E-state index contributed by atoms with van der Waals surface area (Å²) in [5.41, 5.74) is 0.0720. The Hall–Kier alpha value is -2.57. The van der Waals surface area contributed by atoms with Gasteiger partial charge in [-0.3, -0.25) is 4.79 Å². The minimum atomic E-state index is -1.14. The van der Waals surface area contributed by atoms with Crippen LogP contribution in [0.4, 0.5) is 4.79 Å². The Morgan fingerprint density at radius 1 is 1.08 bits per heavy atom. The number of esters is 2. The number of alkyl carbamates (subject to hydrolysis) is 1. The van der Waals surface area contributed by atoms with Gasteiger partial charge in [-0.2, -0.15) is 0 Å². The van der Waals surface area contributed by atoms with Crippen LogP contribution in [0.2, 0.25) is 0 Å². The van der Waals surface area contributed by atoms with Crippen LogP contribution in [0.1, 0.15) is 33.3 Å². The second kappa shape index (κ2) is 8.90. The van der Waals surface area contributed by atoms with Crippen LogP contribution in [0.15, 0.2) is 30.3 Å². The highest BCUT2D eigenvalue weighted by Gasteiger charge is 2.28. The molecule has 1 rings (SSSR count). The van der Waals surface area contributed by atoms with Crippen molar-refractivity contribution in [3.05, 3.63) is 35.9 Å². The lowest BCUT2D eigenvalue weighted by Crippen LogP contribution is -2.47. The predicted molar refractivity (Wildman–Crippen MR) is 86.0 cm³/mol. The molecule has 0 fully saturated rings. The first-order chi connectivity index (χ1) is 11.2. The van der Waals surface area contributed by atoms with Crippen LogP contribution in [0.3, 0.4) is 0 Å². The maximum Gasteiger partial charge on any atom is 0.408 e. The van der Waals surface area contributed by atoms with Crippen molar-refractivity contribution in [2.75, 3.05) is 6.61 Å². The summed E-state index contributed by atoms with van der Waals surface area (Å²) in [7, 11) is 0. The minimum Gasteiger partial charge on any atom is -0.463 e. The summed E-state index contributed by atoms with van der Waals surface area (Å²) in [6.07, 6.45) is -0.804. The fourth-order valence-electron chi connectivity index (χ4n) is 1.65. The van der Waals surface area contributed by atoms with Crippen LogP contribution < -0.4 is 5.32 Å². The van der Waals surface area contributed by atoms with Crippen molar-refractivity contribution >= 4 is 18.0 Å². The van der Waals surface area contributed by atoms with Crippen molar-refractivity contribution in [1.82, 2.24) is 5.32 Å². The Balaban J connectivity index is 2.60. The van der Waals surface area contributed by atoms with Gasteiger partial charge in [-0.25, -0.2) is 9.59 Å². The topological polar surface area (TPSA) is 90.9 Å². The zero-order valence-electron chi connectivity index (χ0n) is 14.3. The van der Waals surface area contributed by atoms with Crippen LogP contribution in [0.25, 0.3) is 0 Å². The molecule has 0 spiro atoms. The standard InChI is InChI=1S/C17H23NO6/c1-12(19)22-11-14(15(20)24-17(2,3)4)18-16(21)23-10-13-8-6-5-7-9-13/h5-9,14H,10-11H2,1-4H3,(H,18,21)/t14-/m0/s1. The van der Waals surface area contributed by atoms with E-state index in [1.165, 1.54) is 6.92 Å². The lowest BCUT2D eigenvalue weighted by molar-refractivity contribution is -0.160. The number of hydrogen-bond donors (Lipinski definition) is 1. The molecule has 7 heteroatoms. The van der Waals surface area contributed by atoms with E-state index >= 15 is 0 Å². The molecule has 0 saturated heterocycles. The summed E-state index contributed by atoms with van der Waals surface area (Å²) in [5, 5.41) is 2.35. The Kier molecular flexibility index (Phi) is 7.23. The maximum absolute atomic E-state index is 12.1. The van der Waals surface area contributed by atoms with Gasteiger partial charge < -0.3 is 19.5 Å². The van der Waals surface area contributed by atoms with E-state index in [1.807, 2.05) is 18.2 Å². The highest BCUT2D eigenvalue weighted by molar-refractivity contribution is 5.82. The van der Waals surface area contributed by atoms with Gasteiger partial charge in [-0.15, -0.1) is 0 Å². The van der Waals surface area contributed by atoms with Gasteiger partial charge in [-0.1, -0.05) is 30.3 Å². The average Bonchev–Trinajstić information content (AvgIpc) is 2.48. The van der Waals surface area contributed by atoms with E-state index in [2.05, 4.69) is 5.32 Å². The van der Waals surface area contributed by atoms with E-state index in [0.29, 0.717) is 0 Å². The number of hydrogen-bond acceptors (Lipinski definition) is 6. The molecule has 0 aliphatic carbocycles. The van der Waals surface area contributed by atoms with Gasteiger partial charge in [0.1, 0.15) is 18.8 Å². The third-order valence-electron chi connectivity index (χ3n) is 2.65. The average molecular weight is 337 g/mol. The molecule has 0 aliphatic heterocycles. The number of benzene rings is 1. The molecule has 0 saturated carbocycles. The van der Waals surface area contributed by atoms with Crippen molar-refractivity contribution in [2.45, 2.75) is 45.9 Å². The van der Waals surface area contributed by atoms with E-state index in [1.54, 1.807) is 32.9 Å². The minimum absolute atomic E-state index is 0.0568. The summed E-state index contributed by atoms with van der Waals surface area (Å²) in [6.45, 7) is 6.02. The first-order valence-corrected chi connectivity index (χ1v) is 7.51. The van der Waals surface area contributed by atoms with E-state index in [0.717, 1.165) is 5.56 Å². The molecular formula is C17H23NO6. The number of rotatable bonds is 6. The van der Waals surface area contributed by atoms with Gasteiger partial charge in [0.25, 0.3) is 0 Å². The SMILES string of the molecule is CC(=O)OC[C@H](NC(=O)OCc1ccccc1)C(=O)OC(C)(C)C. The van der Waals surface area contributed by atoms with Crippen molar-refractivity contribution in [3.8, 4) is 0 Å². The molecule has 7 nitrogen and oxygen atoms in total. The molecule has 0 unspecified atom stereocenters. The van der Waals surface area contributed by atoms with Crippen molar-refractivity contribution < 1.29 is 28.6 Å². The van der Waals surface area contributed by atoms with E-state index < -0.39 is 29.7 Å².